The largest absolute Gasteiger partial charge is 0.493 e. The Hall–Kier alpha value is -2.08. The van der Waals surface area contributed by atoms with Crippen LogP contribution in [-0.4, -0.2) is 37.6 Å². The molecule has 1 atom stereocenters. The number of nitrogens with one attached hydrogen (secondary N) is 1. The molecule has 1 aromatic rings. The van der Waals surface area contributed by atoms with Crippen LogP contribution in [0.3, 0.4) is 0 Å². The smallest absolute Gasteiger partial charge is 0.268 e. The predicted octanol–water partition coefficient (Wildman–Crippen LogP) is 0.535. The molecular weight excluding hydrogens is 236 g/mol. The van der Waals surface area contributed by atoms with Crippen molar-refractivity contribution >= 4 is 12.1 Å². The number of ether oxygens (including phenoxy) is 2. The molecule has 1 amide bonds. The Morgan fingerprint density at radius 2 is 2.06 bits per heavy atom. The number of amides is 1. The SMILES string of the molecule is COc1ccc(/C=N\NC(=O)[C@H](C)O)cc1OC. The molecule has 0 heterocycles. The second-order valence-corrected chi connectivity index (χ2v) is 3.52. The van der Waals surface area contributed by atoms with Crippen molar-refractivity contribution < 1.29 is 19.4 Å². The van der Waals surface area contributed by atoms with Gasteiger partial charge in [-0.25, -0.2) is 5.43 Å². The highest BCUT2D eigenvalue weighted by atomic mass is 16.5. The lowest BCUT2D eigenvalue weighted by Gasteiger charge is -2.07. The summed E-state index contributed by atoms with van der Waals surface area (Å²) >= 11 is 0. The number of methoxy groups -OCH3 is 2. The van der Waals surface area contributed by atoms with Crippen LogP contribution in [0, 0.1) is 0 Å². The minimum absolute atomic E-state index is 0.563. The monoisotopic (exact) mass is 252 g/mol. The van der Waals surface area contributed by atoms with Gasteiger partial charge in [0.1, 0.15) is 6.10 Å². The molecule has 0 fully saturated rings. The van der Waals surface area contributed by atoms with E-state index in [1.807, 2.05) is 0 Å². The van der Waals surface area contributed by atoms with Gasteiger partial charge in [0.25, 0.3) is 5.91 Å². The summed E-state index contributed by atoms with van der Waals surface area (Å²) in [7, 11) is 3.09. The van der Waals surface area contributed by atoms with Crippen LogP contribution in [0.5, 0.6) is 11.5 Å². The first-order chi connectivity index (χ1) is 8.58. The van der Waals surface area contributed by atoms with Crippen LogP contribution >= 0.6 is 0 Å². The van der Waals surface area contributed by atoms with E-state index in [1.54, 1.807) is 25.3 Å². The first kappa shape index (κ1) is 14.0. The number of hydrogen-bond donors (Lipinski definition) is 2. The number of benzene rings is 1. The molecule has 0 aliphatic heterocycles. The summed E-state index contributed by atoms with van der Waals surface area (Å²) in [6.07, 6.45) is 0.356. The lowest BCUT2D eigenvalue weighted by Crippen LogP contribution is -2.28. The van der Waals surface area contributed by atoms with Crippen molar-refractivity contribution in [2.45, 2.75) is 13.0 Å². The van der Waals surface area contributed by atoms with E-state index in [-0.39, 0.29) is 0 Å². The van der Waals surface area contributed by atoms with E-state index in [0.29, 0.717) is 11.5 Å². The lowest BCUT2D eigenvalue weighted by atomic mass is 10.2. The Labute approximate surface area is 105 Å². The molecular formula is C12H16N2O4. The number of nitrogens with zero attached hydrogens (tertiary/aromatic N) is 1. The van der Waals surface area contributed by atoms with Crippen LogP contribution in [-0.2, 0) is 4.79 Å². The first-order valence-electron chi connectivity index (χ1n) is 5.31. The van der Waals surface area contributed by atoms with Gasteiger partial charge in [-0.2, -0.15) is 5.10 Å². The molecule has 0 bridgehead atoms. The van der Waals surface area contributed by atoms with Gasteiger partial charge in [-0.15, -0.1) is 0 Å². The lowest BCUT2D eigenvalue weighted by molar-refractivity contribution is -0.128. The van der Waals surface area contributed by atoms with Gasteiger partial charge in [-0.1, -0.05) is 0 Å². The minimum Gasteiger partial charge on any atom is -0.493 e. The molecule has 0 saturated heterocycles. The van der Waals surface area contributed by atoms with Gasteiger partial charge in [-0.3, -0.25) is 4.79 Å². The number of hydrogen-bond acceptors (Lipinski definition) is 5. The first-order valence-corrected chi connectivity index (χ1v) is 5.31. The molecule has 0 saturated carbocycles. The summed E-state index contributed by atoms with van der Waals surface area (Å²) in [5, 5.41) is 12.7. The van der Waals surface area contributed by atoms with Crippen molar-refractivity contribution in [3.63, 3.8) is 0 Å². The molecule has 6 nitrogen and oxygen atoms in total. The van der Waals surface area contributed by atoms with Crippen LogP contribution in [0.2, 0.25) is 0 Å². The predicted molar refractivity (Wildman–Crippen MR) is 67.0 cm³/mol. The maximum Gasteiger partial charge on any atom is 0.268 e. The van der Waals surface area contributed by atoms with Gasteiger partial charge in [0.15, 0.2) is 11.5 Å². The van der Waals surface area contributed by atoms with E-state index in [9.17, 15) is 4.79 Å². The number of carbonyl (C=O) groups is 1. The summed E-state index contributed by atoms with van der Waals surface area (Å²) in [5.74, 6) is 0.623. The van der Waals surface area contributed by atoms with Crippen LogP contribution in [0.15, 0.2) is 23.3 Å². The van der Waals surface area contributed by atoms with Crippen molar-refractivity contribution in [1.82, 2.24) is 5.43 Å². The third-order valence-corrected chi connectivity index (χ3v) is 2.18. The average molecular weight is 252 g/mol. The number of aliphatic hydroxyl groups excluding tert-OH is 1. The highest BCUT2D eigenvalue weighted by Crippen LogP contribution is 2.26. The highest BCUT2D eigenvalue weighted by Gasteiger charge is 2.06. The van der Waals surface area contributed by atoms with Crippen molar-refractivity contribution in [3.05, 3.63) is 23.8 Å². The van der Waals surface area contributed by atoms with Crippen molar-refractivity contribution in [2.75, 3.05) is 14.2 Å². The number of rotatable bonds is 5. The molecule has 0 unspecified atom stereocenters. The van der Waals surface area contributed by atoms with E-state index < -0.39 is 12.0 Å². The maximum absolute atomic E-state index is 11.0. The molecule has 98 valence electrons. The topological polar surface area (TPSA) is 80.2 Å². The zero-order valence-corrected chi connectivity index (χ0v) is 10.5. The summed E-state index contributed by atoms with van der Waals surface area (Å²) in [6, 6.07) is 5.22. The minimum atomic E-state index is -1.09. The van der Waals surface area contributed by atoms with Crippen molar-refractivity contribution in [3.8, 4) is 11.5 Å². The Morgan fingerprint density at radius 3 is 2.61 bits per heavy atom. The van der Waals surface area contributed by atoms with Crippen LogP contribution in [0.25, 0.3) is 0 Å². The normalized spacial score (nSPS) is 12.2. The van der Waals surface area contributed by atoms with Crippen LogP contribution in [0.4, 0.5) is 0 Å². The second-order valence-electron chi connectivity index (χ2n) is 3.52. The standard InChI is InChI=1S/C12H16N2O4/c1-8(15)12(16)14-13-7-9-4-5-10(17-2)11(6-9)18-3/h4-8,15H,1-3H3,(H,14,16)/b13-7-/t8-/m0/s1. The van der Waals surface area contributed by atoms with Gasteiger partial charge in [-0.05, 0) is 30.7 Å². The van der Waals surface area contributed by atoms with Gasteiger partial charge in [0.05, 0.1) is 20.4 Å². The molecule has 6 heteroatoms. The summed E-state index contributed by atoms with van der Waals surface area (Å²) < 4.78 is 10.2. The van der Waals surface area contributed by atoms with E-state index in [2.05, 4.69) is 10.5 Å². The molecule has 0 aromatic heterocycles. The highest BCUT2D eigenvalue weighted by molar-refractivity contribution is 5.84. The van der Waals surface area contributed by atoms with Crippen molar-refractivity contribution in [1.29, 1.82) is 0 Å². The van der Waals surface area contributed by atoms with E-state index in [4.69, 9.17) is 14.6 Å². The second kappa shape index (κ2) is 6.61. The third kappa shape index (κ3) is 3.74. The fraction of sp³-hybridized carbons (Fsp3) is 0.333. The summed E-state index contributed by atoms with van der Waals surface area (Å²) in [6.45, 7) is 1.36. The van der Waals surface area contributed by atoms with Crippen LogP contribution < -0.4 is 14.9 Å². The number of aliphatic hydroxyl groups is 1. The fourth-order valence-electron chi connectivity index (χ4n) is 1.20. The van der Waals surface area contributed by atoms with Crippen molar-refractivity contribution in [2.24, 2.45) is 5.10 Å². The van der Waals surface area contributed by atoms with E-state index in [1.165, 1.54) is 20.2 Å². The molecule has 18 heavy (non-hydrogen) atoms. The Bertz CT molecular complexity index is 444. The number of carbonyl (C=O) groups excluding carboxylic acids is 1. The molecule has 0 spiro atoms. The molecule has 0 aliphatic rings. The maximum atomic E-state index is 11.0. The van der Waals surface area contributed by atoms with E-state index >= 15 is 0 Å². The van der Waals surface area contributed by atoms with E-state index in [0.717, 1.165) is 5.56 Å². The zero-order chi connectivity index (χ0) is 13.5. The average Bonchev–Trinajstić information content (AvgIpc) is 2.38. The molecule has 2 N–H and O–H groups in total. The quantitative estimate of drug-likeness (QED) is 0.592. The Kier molecular flexibility index (Phi) is 5.13. The summed E-state index contributed by atoms with van der Waals surface area (Å²) in [4.78, 5) is 11.0. The fourth-order valence-corrected chi connectivity index (χ4v) is 1.20. The van der Waals surface area contributed by atoms with Gasteiger partial charge < -0.3 is 14.6 Å². The molecule has 1 rings (SSSR count). The van der Waals surface area contributed by atoms with Gasteiger partial charge >= 0.3 is 0 Å². The zero-order valence-electron chi connectivity index (χ0n) is 10.5. The molecule has 0 radical (unpaired) electrons. The third-order valence-electron chi connectivity index (χ3n) is 2.18. The summed E-state index contributed by atoms with van der Waals surface area (Å²) in [5.41, 5.74) is 2.94. The Morgan fingerprint density at radius 1 is 1.39 bits per heavy atom. The molecule has 0 aliphatic carbocycles. The van der Waals surface area contributed by atoms with Gasteiger partial charge in [0.2, 0.25) is 0 Å². The molecule has 1 aromatic carbocycles. The number of hydrazone groups is 1. The van der Waals surface area contributed by atoms with Gasteiger partial charge in [0, 0.05) is 0 Å². The Balaban J connectivity index is 2.73. The van der Waals surface area contributed by atoms with Crippen LogP contribution in [0.1, 0.15) is 12.5 Å².